The van der Waals surface area contributed by atoms with Gasteiger partial charge in [-0.1, -0.05) is 0 Å². The van der Waals surface area contributed by atoms with Crippen LogP contribution in [0.25, 0.3) is 0 Å². The van der Waals surface area contributed by atoms with Gasteiger partial charge in [0.15, 0.2) is 0 Å². The molecule has 2 aromatic heterocycles. The number of H-pyrrole nitrogens is 1. The zero-order chi connectivity index (χ0) is 12.1. The van der Waals surface area contributed by atoms with Crippen LogP contribution in [-0.4, -0.2) is 34.4 Å². The summed E-state index contributed by atoms with van der Waals surface area (Å²) < 4.78 is 6.83. The maximum Gasteiger partial charge on any atom is 0.273 e. The van der Waals surface area contributed by atoms with Gasteiger partial charge in [-0.15, -0.1) is 0 Å². The monoisotopic (exact) mass is 234 g/mol. The van der Waals surface area contributed by atoms with Crippen molar-refractivity contribution in [2.45, 2.75) is 6.54 Å². The quantitative estimate of drug-likeness (QED) is 0.814. The summed E-state index contributed by atoms with van der Waals surface area (Å²) in [6.45, 7) is 1.22. The molecule has 17 heavy (non-hydrogen) atoms. The molecule has 0 aliphatic heterocycles. The number of methoxy groups -OCH3 is 1. The highest BCUT2D eigenvalue weighted by molar-refractivity contribution is 6.02. The Morgan fingerprint density at radius 1 is 1.59 bits per heavy atom. The van der Waals surface area contributed by atoms with Gasteiger partial charge in [-0.05, 0) is 12.1 Å². The highest BCUT2D eigenvalue weighted by Crippen LogP contribution is 2.06. The van der Waals surface area contributed by atoms with Crippen LogP contribution in [0.5, 0.6) is 0 Å². The van der Waals surface area contributed by atoms with Crippen LogP contribution in [0.3, 0.4) is 0 Å². The highest BCUT2D eigenvalue weighted by atomic mass is 16.5. The van der Waals surface area contributed by atoms with Gasteiger partial charge < -0.3 is 14.6 Å². The molecule has 6 heteroatoms. The van der Waals surface area contributed by atoms with Gasteiger partial charge in [-0.3, -0.25) is 9.89 Å². The molecule has 0 unspecified atom stereocenters. The summed E-state index contributed by atoms with van der Waals surface area (Å²) in [6, 6.07) is 5.29. The van der Waals surface area contributed by atoms with E-state index in [0.717, 1.165) is 0 Å². The van der Waals surface area contributed by atoms with E-state index in [0.29, 0.717) is 24.7 Å². The number of anilines is 1. The summed E-state index contributed by atoms with van der Waals surface area (Å²) in [5.74, 6) is 0.407. The first-order valence-electron chi connectivity index (χ1n) is 5.26. The molecule has 0 spiro atoms. The third-order valence-electron chi connectivity index (χ3n) is 2.35. The van der Waals surface area contributed by atoms with Gasteiger partial charge in [0.1, 0.15) is 11.5 Å². The Hall–Kier alpha value is -2.08. The van der Waals surface area contributed by atoms with Crippen LogP contribution in [0.15, 0.2) is 30.6 Å². The lowest BCUT2D eigenvalue weighted by atomic mass is 10.4. The molecule has 0 aromatic carbocycles. The first-order chi connectivity index (χ1) is 8.31. The summed E-state index contributed by atoms with van der Waals surface area (Å²) in [6.07, 6.45) is 3.43. The van der Waals surface area contributed by atoms with E-state index in [-0.39, 0.29) is 5.91 Å². The normalized spacial score (nSPS) is 10.4. The van der Waals surface area contributed by atoms with Crippen molar-refractivity contribution in [1.82, 2.24) is 14.8 Å². The number of aromatic amines is 1. The predicted molar refractivity (Wildman–Crippen MR) is 62.8 cm³/mol. The standard InChI is InChI=1S/C11H14N4O2/c1-17-8-7-15-6-2-3-9(15)11(16)13-10-4-5-12-14-10/h2-6H,7-8H2,1H3,(H2,12,13,14,16). The first kappa shape index (κ1) is 11.4. The molecule has 2 aromatic rings. The number of hydrogen-bond donors (Lipinski definition) is 2. The van der Waals surface area contributed by atoms with Crippen LogP contribution in [-0.2, 0) is 11.3 Å². The summed E-state index contributed by atoms with van der Waals surface area (Å²) >= 11 is 0. The number of nitrogens with zero attached hydrogens (tertiary/aromatic N) is 2. The number of rotatable bonds is 5. The highest BCUT2D eigenvalue weighted by Gasteiger charge is 2.11. The van der Waals surface area contributed by atoms with Crippen LogP contribution in [0.1, 0.15) is 10.5 Å². The van der Waals surface area contributed by atoms with E-state index in [2.05, 4.69) is 15.5 Å². The second-order valence-electron chi connectivity index (χ2n) is 3.50. The summed E-state index contributed by atoms with van der Waals surface area (Å²) in [7, 11) is 1.63. The van der Waals surface area contributed by atoms with E-state index in [9.17, 15) is 4.79 Å². The molecule has 2 rings (SSSR count). The van der Waals surface area contributed by atoms with Crippen molar-refractivity contribution in [1.29, 1.82) is 0 Å². The molecule has 0 bridgehead atoms. The Morgan fingerprint density at radius 2 is 2.47 bits per heavy atom. The zero-order valence-electron chi connectivity index (χ0n) is 9.51. The topological polar surface area (TPSA) is 71.9 Å². The fraction of sp³-hybridized carbons (Fsp3) is 0.273. The van der Waals surface area contributed by atoms with Crippen molar-refractivity contribution >= 4 is 11.7 Å². The van der Waals surface area contributed by atoms with Crippen molar-refractivity contribution in [3.8, 4) is 0 Å². The van der Waals surface area contributed by atoms with Gasteiger partial charge in [0.25, 0.3) is 5.91 Å². The van der Waals surface area contributed by atoms with Gasteiger partial charge in [0.05, 0.1) is 12.8 Å². The minimum Gasteiger partial charge on any atom is -0.383 e. The molecular weight excluding hydrogens is 220 g/mol. The zero-order valence-corrected chi connectivity index (χ0v) is 9.51. The Balaban J connectivity index is 2.06. The molecule has 0 aliphatic carbocycles. The SMILES string of the molecule is COCCn1cccc1C(=O)Nc1ccn[nH]1. The number of nitrogens with one attached hydrogen (secondary N) is 2. The van der Waals surface area contributed by atoms with Crippen LogP contribution >= 0.6 is 0 Å². The Kier molecular flexibility index (Phi) is 3.56. The molecule has 0 radical (unpaired) electrons. The van der Waals surface area contributed by atoms with Crippen molar-refractivity contribution in [3.05, 3.63) is 36.3 Å². The maximum absolute atomic E-state index is 11.9. The number of carbonyl (C=O) groups excluding carboxylic acids is 1. The third kappa shape index (κ3) is 2.73. The van der Waals surface area contributed by atoms with Gasteiger partial charge in [-0.25, -0.2) is 0 Å². The predicted octanol–water partition coefficient (Wildman–Crippen LogP) is 1.11. The molecule has 1 amide bonds. The molecule has 0 fully saturated rings. The number of hydrogen-bond acceptors (Lipinski definition) is 3. The molecule has 2 heterocycles. The molecular formula is C11H14N4O2. The second-order valence-corrected chi connectivity index (χ2v) is 3.50. The van der Waals surface area contributed by atoms with Gasteiger partial charge in [0.2, 0.25) is 0 Å². The number of ether oxygens (including phenoxy) is 1. The number of amides is 1. The van der Waals surface area contributed by atoms with Crippen molar-refractivity contribution in [2.75, 3.05) is 19.0 Å². The van der Waals surface area contributed by atoms with Crippen LogP contribution in [0, 0.1) is 0 Å². The molecule has 2 N–H and O–H groups in total. The molecule has 0 aliphatic rings. The minimum atomic E-state index is -0.171. The van der Waals surface area contributed by atoms with Crippen LogP contribution < -0.4 is 5.32 Å². The second kappa shape index (κ2) is 5.31. The molecule has 0 atom stereocenters. The summed E-state index contributed by atoms with van der Waals surface area (Å²) in [5, 5.41) is 9.16. The molecule has 0 saturated heterocycles. The number of carbonyl (C=O) groups is 1. The smallest absolute Gasteiger partial charge is 0.273 e. The van der Waals surface area contributed by atoms with Crippen molar-refractivity contribution in [3.63, 3.8) is 0 Å². The summed E-state index contributed by atoms with van der Waals surface area (Å²) in [5.41, 5.74) is 0.594. The lowest BCUT2D eigenvalue weighted by Crippen LogP contribution is -2.18. The Morgan fingerprint density at radius 3 is 3.18 bits per heavy atom. The fourth-order valence-corrected chi connectivity index (χ4v) is 1.52. The number of aromatic nitrogens is 3. The fourth-order valence-electron chi connectivity index (χ4n) is 1.52. The van der Waals surface area contributed by atoms with Gasteiger partial charge in [0, 0.05) is 25.9 Å². The Bertz CT molecular complexity index is 475. The largest absolute Gasteiger partial charge is 0.383 e. The molecule has 0 saturated carbocycles. The average molecular weight is 234 g/mol. The first-order valence-corrected chi connectivity index (χ1v) is 5.26. The van der Waals surface area contributed by atoms with E-state index in [1.54, 1.807) is 25.4 Å². The van der Waals surface area contributed by atoms with E-state index in [4.69, 9.17) is 4.74 Å². The third-order valence-corrected chi connectivity index (χ3v) is 2.35. The van der Waals surface area contributed by atoms with Crippen molar-refractivity contribution < 1.29 is 9.53 Å². The summed E-state index contributed by atoms with van der Waals surface area (Å²) in [4.78, 5) is 11.9. The van der Waals surface area contributed by atoms with E-state index in [1.807, 2.05) is 16.8 Å². The average Bonchev–Trinajstić information content (AvgIpc) is 2.96. The molecule has 6 nitrogen and oxygen atoms in total. The minimum absolute atomic E-state index is 0.171. The van der Waals surface area contributed by atoms with E-state index in [1.165, 1.54) is 0 Å². The van der Waals surface area contributed by atoms with E-state index >= 15 is 0 Å². The van der Waals surface area contributed by atoms with Gasteiger partial charge in [-0.2, -0.15) is 5.10 Å². The van der Waals surface area contributed by atoms with E-state index < -0.39 is 0 Å². The van der Waals surface area contributed by atoms with Crippen LogP contribution in [0.4, 0.5) is 5.82 Å². The molecule has 90 valence electrons. The van der Waals surface area contributed by atoms with Crippen LogP contribution in [0.2, 0.25) is 0 Å². The van der Waals surface area contributed by atoms with Crippen molar-refractivity contribution in [2.24, 2.45) is 0 Å². The maximum atomic E-state index is 11.9. The Labute approximate surface area is 98.6 Å². The lowest BCUT2D eigenvalue weighted by Gasteiger charge is -2.08. The van der Waals surface area contributed by atoms with Gasteiger partial charge >= 0.3 is 0 Å². The lowest BCUT2D eigenvalue weighted by molar-refractivity contribution is 0.101.